The van der Waals surface area contributed by atoms with E-state index in [1.165, 1.54) is 0 Å². The number of epoxide rings is 1. The van der Waals surface area contributed by atoms with E-state index in [1.54, 1.807) is 0 Å². The predicted molar refractivity (Wildman–Crippen MR) is 62.9 cm³/mol. The molecule has 7 fully saturated rings. The summed E-state index contributed by atoms with van der Waals surface area (Å²) in [5.74, 6) is -2.35. The lowest BCUT2D eigenvalue weighted by Gasteiger charge is -2.61. The average Bonchev–Trinajstić information content (AvgIpc) is 3.07. The third-order valence-electron chi connectivity index (χ3n) is 6.79. The quantitative estimate of drug-likeness (QED) is 0.398. The highest BCUT2D eigenvalue weighted by Crippen LogP contribution is 2.72. The lowest BCUT2D eigenvalue weighted by atomic mass is 9.38. The maximum Gasteiger partial charge on any atom is 0.230 e. The molecule has 3 aliphatic heterocycles. The predicted octanol–water partition coefficient (Wildman–Crippen LogP) is -1.96. The number of nitrogens with one attached hydrogen (secondary N) is 2. The van der Waals surface area contributed by atoms with E-state index in [2.05, 4.69) is 10.6 Å². The molecule has 0 unspecified atom stereocenters. The minimum Gasteiger partial charge on any atom is -0.369 e. The molecule has 21 heavy (non-hydrogen) atoms. The fourth-order valence-corrected chi connectivity index (χ4v) is 6.29. The van der Waals surface area contributed by atoms with Gasteiger partial charge in [0, 0.05) is 11.8 Å². The van der Waals surface area contributed by atoms with E-state index >= 15 is 0 Å². The molecule has 0 aromatic carbocycles. The second-order valence-electron chi connectivity index (χ2n) is 7.18. The van der Waals surface area contributed by atoms with Gasteiger partial charge in [-0.05, 0) is 11.8 Å². The van der Waals surface area contributed by atoms with Crippen LogP contribution in [0.2, 0.25) is 0 Å². The van der Waals surface area contributed by atoms with E-state index in [4.69, 9.17) is 4.74 Å². The molecular formula is C14H12N2O5. The second-order valence-corrected chi connectivity index (χ2v) is 7.18. The van der Waals surface area contributed by atoms with E-state index < -0.39 is 0 Å². The molecule has 7 heteroatoms. The van der Waals surface area contributed by atoms with Crippen molar-refractivity contribution in [2.75, 3.05) is 0 Å². The third-order valence-corrected chi connectivity index (χ3v) is 6.79. The second kappa shape index (κ2) is 2.90. The number of carbonyl (C=O) groups is 4. The van der Waals surface area contributed by atoms with Gasteiger partial charge in [0.2, 0.25) is 23.6 Å². The number of rotatable bonds is 0. The van der Waals surface area contributed by atoms with Crippen LogP contribution in [0.3, 0.4) is 0 Å². The molecule has 4 amide bonds. The van der Waals surface area contributed by atoms with Crippen molar-refractivity contribution in [2.24, 2.45) is 47.3 Å². The van der Waals surface area contributed by atoms with Crippen molar-refractivity contribution in [1.29, 1.82) is 0 Å². The van der Waals surface area contributed by atoms with Crippen LogP contribution in [-0.2, 0) is 23.9 Å². The number of amides is 4. The van der Waals surface area contributed by atoms with Gasteiger partial charge in [-0.25, -0.2) is 0 Å². The van der Waals surface area contributed by atoms with Gasteiger partial charge in [-0.15, -0.1) is 0 Å². The molecule has 4 saturated carbocycles. The summed E-state index contributed by atoms with van der Waals surface area (Å²) in [6.07, 6.45) is -0.00259. The number of hydrogen-bond donors (Lipinski definition) is 2. The van der Waals surface area contributed by atoms with Gasteiger partial charge < -0.3 is 4.74 Å². The molecule has 10 atom stereocenters. The summed E-state index contributed by atoms with van der Waals surface area (Å²) in [5, 5.41) is 4.86. The van der Waals surface area contributed by atoms with Gasteiger partial charge in [0.25, 0.3) is 0 Å². The fourth-order valence-electron chi connectivity index (χ4n) is 6.29. The molecule has 0 aromatic heterocycles. The summed E-state index contributed by atoms with van der Waals surface area (Å²) in [5.41, 5.74) is 0. The van der Waals surface area contributed by atoms with Crippen molar-refractivity contribution in [3.63, 3.8) is 0 Å². The molecule has 0 radical (unpaired) electrons. The Morgan fingerprint density at radius 3 is 1.29 bits per heavy atom. The van der Waals surface area contributed by atoms with Crippen molar-refractivity contribution in [3.05, 3.63) is 0 Å². The normalized spacial score (nSPS) is 61.3. The topological polar surface area (TPSA) is 105 Å². The first kappa shape index (κ1) is 10.9. The largest absolute Gasteiger partial charge is 0.369 e. The highest BCUT2D eigenvalue weighted by Gasteiger charge is 2.81. The number of hydrogen-bond acceptors (Lipinski definition) is 5. The van der Waals surface area contributed by atoms with Crippen LogP contribution in [0, 0.1) is 47.3 Å². The Bertz CT molecular complexity index is 620. The Balaban J connectivity index is 1.52. The first-order valence-corrected chi connectivity index (χ1v) is 7.44. The van der Waals surface area contributed by atoms with Crippen LogP contribution in [0.15, 0.2) is 0 Å². The minimum absolute atomic E-state index is 0.00129. The summed E-state index contributed by atoms with van der Waals surface area (Å²) in [7, 11) is 0. The molecule has 3 heterocycles. The van der Waals surface area contributed by atoms with Crippen molar-refractivity contribution < 1.29 is 23.9 Å². The molecule has 7 rings (SSSR count). The first-order valence-electron chi connectivity index (χ1n) is 7.44. The number of fused-ring (bicyclic) bond motifs is 1. The van der Waals surface area contributed by atoms with Crippen molar-refractivity contribution >= 4 is 23.6 Å². The van der Waals surface area contributed by atoms with Gasteiger partial charge in [-0.2, -0.15) is 0 Å². The minimum atomic E-state index is -0.364. The first-order chi connectivity index (χ1) is 10.1. The monoisotopic (exact) mass is 288 g/mol. The zero-order valence-corrected chi connectivity index (χ0v) is 10.8. The maximum atomic E-state index is 12.1. The number of imide groups is 2. The van der Waals surface area contributed by atoms with Gasteiger partial charge in [0.1, 0.15) is 0 Å². The number of ether oxygens (including phenoxy) is 1. The number of carbonyl (C=O) groups excluding carboxylic acids is 4. The van der Waals surface area contributed by atoms with E-state index in [0.717, 1.165) is 0 Å². The molecule has 2 bridgehead atoms. The lowest BCUT2D eigenvalue weighted by molar-refractivity contribution is -0.182. The fraction of sp³-hybridized carbons (Fsp3) is 0.714. The molecule has 7 aliphatic rings. The lowest BCUT2D eigenvalue weighted by Crippen LogP contribution is -2.67. The Labute approximate surface area is 118 Å². The zero-order valence-electron chi connectivity index (χ0n) is 10.8. The third kappa shape index (κ3) is 0.922. The summed E-state index contributed by atoms with van der Waals surface area (Å²) in [6.45, 7) is 0. The molecular weight excluding hydrogens is 276 g/mol. The van der Waals surface area contributed by atoms with E-state index in [-0.39, 0.29) is 83.2 Å². The van der Waals surface area contributed by atoms with Crippen LogP contribution >= 0.6 is 0 Å². The van der Waals surface area contributed by atoms with Crippen LogP contribution in [0.5, 0.6) is 0 Å². The van der Waals surface area contributed by atoms with E-state index in [0.29, 0.717) is 0 Å². The molecule has 7 nitrogen and oxygen atoms in total. The standard InChI is InChI=1S/C14H12N2O5/c17-11-5-1-2(6(5)12(18)15-11)4-8-7(13(19)16-14(8)20)3(1)9-10(4)21-9/h1-10H,(H,15,17,18)(H,16,19,20)/t1-,2-,3+,4+,5+,6+,7+,8+,9+,10+/m0/s1. The van der Waals surface area contributed by atoms with Crippen molar-refractivity contribution in [1.82, 2.24) is 10.6 Å². The van der Waals surface area contributed by atoms with Crippen LogP contribution in [0.1, 0.15) is 0 Å². The summed E-state index contributed by atoms with van der Waals surface area (Å²) >= 11 is 0. The molecule has 0 spiro atoms. The van der Waals surface area contributed by atoms with Crippen molar-refractivity contribution in [3.8, 4) is 0 Å². The SMILES string of the molecule is O=C1NC(=O)[C@H]2[C@H]1[C@H]1[C@H]2[C@H]2[C@H]3O[C@@H]3[C@H]1[C@H]1C(=O)NC(=O)[C@@H]12. The smallest absolute Gasteiger partial charge is 0.230 e. The summed E-state index contributed by atoms with van der Waals surface area (Å²) < 4.78 is 5.74. The van der Waals surface area contributed by atoms with Crippen LogP contribution in [0.4, 0.5) is 0 Å². The van der Waals surface area contributed by atoms with Crippen LogP contribution < -0.4 is 10.6 Å². The molecule has 3 saturated heterocycles. The molecule has 0 aromatic rings. The van der Waals surface area contributed by atoms with Gasteiger partial charge in [0.05, 0.1) is 35.9 Å². The van der Waals surface area contributed by atoms with E-state index in [9.17, 15) is 19.2 Å². The Hall–Kier alpha value is -1.76. The Morgan fingerprint density at radius 1 is 0.571 bits per heavy atom. The zero-order chi connectivity index (χ0) is 14.2. The van der Waals surface area contributed by atoms with Gasteiger partial charge >= 0.3 is 0 Å². The molecule has 4 aliphatic carbocycles. The van der Waals surface area contributed by atoms with Gasteiger partial charge in [0.15, 0.2) is 0 Å². The van der Waals surface area contributed by atoms with Crippen LogP contribution in [0.25, 0.3) is 0 Å². The average molecular weight is 288 g/mol. The molecule has 108 valence electrons. The molecule has 2 N–H and O–H groups in total. The van der Waals surface area contributed by atoms with Crippen molar-refractivity contribution in [2.45, 2.75) is 12.2 Å². The van der Waals surface area contributed by atoms with E-state index in [1.807, 2.05) is 0 Å². The maximum absolute atomic E-state index is 12.1. The van der Waals surface area contributed by atoms with Gasteiger partial charge in [-0.3, -0.25) is 29.8 Å². The Kier molecular flexibility index (Phi) is 1.50. The highest BCUT2D eigenvalue weighted by molar-refractivity contribution is 6.09. The highest BCUT2D eigenvalue weighted by atomic mass is 16.6. The summed E-state index contributed by atoms with van der Waals surface area (Å²) in [6, 6.07) is 0. The van der Waals surface area contributed by atoms with Gasteiger partial charge in [-0.1, -0.05) is 0 Å². The Morgan fingerprint density at radius 2 is 0.905 bits per heavy atom. The summed E-state index contributed by atoms with van der Waals surface area (Å²) in [4.78, 5) is 48.3. The van der Waals surface area contributed by atoms with Crippen LogP contribution in [-0.4, -0.2) is 35.8 Å².